The van der Waals surface area contributed by atoms with E-state index >= 15 is 0 Å². The van der Waals surface area contributed by atoms with Crippen LogP contribution in [0.4, 0.5) is 5.95 Å². The van der Waals surface area contributed by atoms with Gasteiger partial charge < -0.3 is 15.2 Å². The molecule has 5 nitrogen and oxygen atoms in total. The summed E-state index contributed by atoms with van der Waals surface area (Å²) in [7, 11) is 0. The van der Waals surface area contributed by atoms with Gasteiger partial charge >= 0.3 is 0 Å². The predicted octanol–water partition coefficient (Wildman–Crippen LogP) is 1.73. The summed E-state index contributed by atoms with van der Waals surface area (Å²) in [5, 5.41) is 4.05. The van der Waals surface area contributed by atoms with E-state index < -0.39 is 0 Å². The molecule has 5 heteroatoms. The number of nitrogens with two attached hydrogens (primary N) is 1. The topological polar surface area (TPSA) is 68.2 Å². The average Bonchev–Trinajstić information content (AvgIpc) is 2.52. The molecule has 1 fully saturated rings. The van der Waals surface area contributed by atoms with Gasteiger partial charge in [0.05, 0.1) is 0 Å². The molecule has 0 saturated carbocycles. The summed E-state index contributed by atoms with van der Waals surface area (Å²) in [5.74, 6) is 1.36. The van der Waals surface area contributed by atoms with Gasteiger partial charge in [0.15, 0.2) is 0 Å². The number of anilines is 1. The SMILES string of the molecule is CC(C)(N)Cc1nc(N2CCCCCC2)no1. The zero-order valence-corrected chi connectivity index (χ0v) is 10.8. The fourth-order valence-corrected chi connectivity index (χ4v) is 2.11. The molecule has 1 aromatic rings. The monoisotopic (exact) mass is 238 g/mol. The third-order valence-electron chi connectivity index (χ3n) is 2.95. The van der Waals surface area contributed by atoms with Crippen molar-refractivity contribution in [1.29, 1.82) is 0 Å². The van der Waals surface area contributed by atoms with Gasteiger partial charge in [0.25, 0.3) is 5.95 Å². The van der Waals surface area contributed by atoms with Crippen molar-refractivity contribution in [3.05, 3.63) is 5.89 Å². The van der Waals surface area contributed by atoms with Crippen molar-refractivity contribution in [1.82, 2.24) is 10.1 Å². The molecule has 1 aromatic heterocycles. The van der Waals surface area contributed by atoms with Crippen LogP contribution in [0.25, 0.3) is 0 Å². The van der Waals surface area contributed by atoms with Gasteiger partial charge in [0, 0.05) is 25.0 Å². The average molecular weight is 238 g/mol. The Balaban J connectivity index is 2.01. The Bertz CT molecular complexity index is 348. The highest BCUT2D eigenvalue weighted by atomic mass is 16.5. The molecule has 0 radical (unpaired) electrons. The molecule has 0 aromatic carbocycles. The van der Waals surface area contributed by atoms with Crippen LogP contribution in [0.2, 0.25) is 0 Å². The Morgan fingerprint density at radius 1 is 1.24 bits per heavy atom. The van der Waals surface area contributed by atoms with Gasteiger partial charge in [0.1, 0.15) is 0 Å². The summed E-state index contributed by atoms with van der Waals surface area (Å²) in [4.78, 5) is 6.64. The molecule has 96 valence electrons. The molecular weight excluding hydrogens is 216 g/mol. The molecule has 0 amide bonds. The lowest BCUT2D eigenvalue weighted by molar-refractivity contribution is 0.347. The molecule has 1 saturated heterocycles. The van der Waals surface area contributed by atoms with Crippen LogP contribution in [-0.4, -0.2) is 28.8 Å². The molecule has 2 heterocycles. The van der Waals surface area contributed by atoms with Crippen LogP contribution < -0.4 is 10.6 Å². The maximum absolute atomic E-state index is 5.94. The van der Waals surface area contributed by atoms with Crippen molar-refractivity contribution in [3.63, 3.8) is 0 Å². The number of aromatic nitrogens is 2. The van der Waals surface area contributed by atoms with Crippen molar-refractivity contribution in [2.75, 3.05) is 18.0 Å². The minimum Gasteiger partial charge on any atom is -0.338 e. The van der Waals surface area contributed by atoms with Gasteiger partial charge in [-0.15, -0.1) is 0 Å². The third-order valence-corrected chi connectivity index (χ3v) is 2.95. The van der Waals surface area contributed by atoms with Gasteiger partial charge in [-0.05, 0) is 31.8 Å². The van der Waals surface area contributed by atoms with Crippen LogP contribution in [-0.2, 0) is 6.42 Å². The summed E-state index contributed by atoms with van der Waals surface area (Å²) in [5.41, 5.74) is 5.64. The molecule has 0 spiro atoms. The molecule has 2 rings (SSSR count). The quantitative estimate of drug-likeness (QED) is 0.868. The van der Waals surface area contributed by atoms with E-state index in [2.05, 4.69) is 15.0 Å². The number of hydrogen-bond donors (Lipinski definition) is 1. The van der Waals surface area contributed by atoms with E-state index in [9.17, 15) is 0 Å². The second-order valence-corrected chi connectivity index (χ2v) is 5.55. The number of rotatable bonds is 3. The highest BCUT2D eigenvalue weighted by molar-refractivity contribution is 5.27. The minimum absolute atomic E-state index is 0.303. The standard InChI is InChI=1S/C12H22N4O/c1-12(2,13)9-10-14-11(15-17-10)16-7-5-3-4-6-8-16/h3-9,13H2,1-2H3. The van der Waals surface area contributed by atoms with Crippen molar-refractivity contribution in [2.24, 2.45) is 5.73 Å². The first-order valence-corrected chi connectivity index (χ1v) is 6.41. The fourth-order valence-electron chi connectivity index (χ4n) is 2.11. The second-order valence-electron chi connectivity index (χ2n) is 5.55. The van der Waals surface area contributed by atoms with E-state index in [0.717, 1.165) is 19.0 Å². The summed E-state index contributed by atoms with van der Waals surface area (Å²) < 4.78 is 5.25. The van der Waals surface area contributed by atoms with Crippen molar-refractivity contribution < 1.29 is 4.52 Å². The lowest BCUT2D eigenvalue weighted by Gasteiger charge is -2.17. The molecule has 1 aliphatic heterocycles. The van der Waals surface area contributed by atoms with Gasteiger partial charge in [-0.25, -0.2) is 0 Å². The number of nitrogens with zero attached hydrogens (tertiary/aromatic N) is 3. The first-order chi connectivity index (χ1) is 8.04. The Morgan fingerprint density at radius 3 is 2.47 bits per heavy atom. The van der Waals surface area contributed by atoms with Crippen LogP contribution in [0, 0.1) is 0 Å². The fraction of sp³-hybridized carbons (Fsp3) is 0.833. The Morgan fingerprint density at radius 2 is 1.88 bits per heavy atom. The Kier molecular flexibility index (Phi) is 3.66. The predicted molar refractivity (Wildman–Crippen MR) is 66.9 cm³/mol. The van der Waals surface area contributed by atoms with Crippen LogP contribution in [0.1, 0.15) is 45.4 Å². The largest absolute Gasteiger partial charge is 0.338 e. The highest BCUT2D eigenvalue weighted by Gasteiger charge is 2.20. The third kappa shape index (κ3) is 3.70. The number of hydrogen-bond acceptors (Lipinski definition) is 5. The Hall–Kier alpha value is -1.10. The molecule has 0 bridgehead atoms. The smallest absolute Gasteiger partial charge is 0.266 e. The zero-order valence-electron chi connectivity index (χ0n) is 10.8. The summed E-state index contributed by atoms with van der Waals surface area (Å²) >= 11 is 0. The summed E-state index contributed by atoms with van der Waals surface area (Å²) in [6.07, 6.45) is 5.65. The van der Waals surface area contributed by atoms with Crippen molar-refractivity contribution in [2.45, 2.75) is 51.5 Å². The van der Waals surface area contributed by atoms with Crippen LogP contribution in [0.5, 0.6) is 0 Å². The maximum Gasteiger partial charge on any atom is 0.266 e. The molecule has 0 unspecified atom stereocenters. The normalized spacial score (nSPS) is 18.2. The summed E-state index contributed by atoms with van der Waals surface area (Å²) in [6.45, 7) is 5.99. The summed E-state index contributed by atoms with van der Waals surface area (Å²) in [6, 6.07) is 0. The van der Waals surface area contributed by atoms with Crippen LogP contribution in [0.15, 0.2) is 4.52 Å². The van der Waals surface area contributed by atoms with Crippen LogP contribution >= 0.6 is 0 Å². The van der Waals surface area contributed by atoms with E-state index in [1.165, 1.54) is 25.7 Å². The Labute approximate surface area is 102 Å². The van der Waals surface area contributed by atoms with Crippen LogP contribution in [0.3, 0.4) is 0 Å². The second kappa shape index (κ2) is 5.04. The molecule has 0 aliphatic carbocycles. The van der Waals surface area contributed by atoms with E-state index in [4.69, 9.17) is 10.3 Å². The van der Waals surface area contributed by atoms with Crippen molar-refractivity contribution in [3.8, 4) is 0 Å². The minimum atomic E-state index is -0.303. The van der Waals surface area contributed by atoms with Gasteiger partial charge in [0.2, 0.25) is 5.89 Å². The van der Waals surface area contributed by atoms with Crippen molar-refractivity contribution >= 4 is 5.95 Å². The van der Waals surface area contributed by atoms with E-state index in [1.807, 2.05) is 13.8 Å². The lowest BCUT2D eigenvalue weighted by Crippen LogP contribution is -2.34. The van der Waals surface area contributed by atoms with E-state index in [0.29, 0.717) is 12.3 Å². The van der Waals surface area contributed by atoms with Gasteiger partial charge in [-0.3, -0.25) is 0 Å². The lowest BCUT2D eigenvalue weighted by atomic mass is 10.0. The molecule has 1 aliphatic rings. The molecule has 0 atom stereocenters. The van der Waals surface area contributed by atoms with E-state index in [-0.39, 0.29) is 5.54 Å². The van der Waals surface area contributed by atoms with E-state index in [1.54, 1.807) is 0 Å². The van der Waals surface area contributed by atoms with Gasteiger partial charge in [-0.1, -0.05) is 12.8 Å². The molecule has 2 N–H and O–H groups in total. The zero-order chi connectivity index (χ0) is 12.3. The first kappa shape index (κ1) is 12.4. The highest BCUT2D eigenvalue weighted by Crippen LogP contribution is 2.17. The molecular formula is C12H22N4O. The molecule has 17 heavy (non-hydrogen) atoms. The first-order valence-electron chi connectivity index (χ1n) is 6.41. The van der Waals surface area contributed by atoms with Gasteiger partial charge in [-0.2, -0.15) is 4.98 Å². The maximum atomic E-state index is 5.94.